The van der Waals surface area contributed by atoms with Gasteiger partial charge >= 0.3 is 5.97 Å². The van der Waals surface area contributed by atoms with Crippen LogP contribution < -0.4 is 0 Å². The Morgan fingerprint density at radius 3 is 2.50 bits per heavy atom. The van der Waals surface area contributed by atoms with Crippen LogP contribution in [-0.2, 0) is 7.05 Å². The van der Waals surface area contributed by atoms with Gasteiger partial charge in [-0.15, -0.1) is 5.10 Å². The highest BCUT2D eigenvalue weighted by Gasteiger charge is 2.18. The van der Waals surface area contributed by atoms with E-state index in [1.54, 1.807) is 12.1 Å². The van der Waals surface area contributed by atoms with E-state index in [4.69, 9.17) is 10.2 Å². The number of benzene rings is 1. The van der Waals surface area contributed by atoms with Crippen molar-refractivity contribution in [1.82, 2.24) is 15.0 Å². The van der Waals surface area contributed by atoms with Crippen molar-refractivity contribution >= 4 is 5.97 Å². The standard InChI is InChI=1S/C10H9N3O3/c1-13-9(10(15)16)8(11-12-13)6-2-4-7(14)5-3-6/h2-5,14H,1H3,(H,15,16). The zero-order valence-electron chi connectivity index (χ0n) is 8.45. The van der Waals surface area contributed by atoms with E-state index in [0.29, 0.717) is 5.56 Å². The number of carboxylic acid groups (broad SMARTS) is 1. The van der Waals surface area contributed by atoms with Crippen LogP contribution in [0.1, 0.15) is 10.5 Å². The fraction of sp³-hybridized carbons (Fsp3) is 0.100. The molecule has 6 nitrogen and oxygen atoms in total. The average Bonchev–Trinajstić information content (AvgIpc) is 2.61. The normalized spacial score (nSPS) is 10.3. The summed E-state index contributed by atoms with van der Waals surface area (Å²) in [6.07, 6.45) is 0. The number of phenolic OH excluding ortho intramolecular Hbond substituents is 1. The Morgan fingerprint density at radius 1 is 1.31 bits per heavy atom. The van der Waals surface area contributed by atoms with Crippen LogP contribution >= 0.6 is 0 Å². The van der Waals surface area contributed by atoms with Gasteiger partial charge < -0.3 is 10.2 Å². The summed E-state index contributed by atoms with van der Waals surface area (Å²) < 4.78 is 1.20. The van der Waals surface area contributed by atoms with Crippen molar-refractivity contribution in [3.63, 3.8) is 0 Å². The maximum atomic E-state index is 11.0. The van der Waals surface area contributed by atoms with Crippen LogP contribution in [0.5, 0.6) is 5.75 Å². The predicted molar refractivity (Wildman–Crippen MR) is 55.1 cm³/mol. The number of aromatic hydroxyl groups is 1. The maximum absolute atomic E-state index is 11.0. The molecule has 2 rings (SSSR count). The second-order valence-corrected chi connectivity index (χ2v) is 3.26. The third-order valence-corrected chi connectivity index (χ3v) is 2.17. The number of aryl methyl sites for hydroxylation is 1. The van der Waals surface area contributed by atoms with Gasteiger partial charge in [0.15, 0.2) is 5.69 Å². The molecular weight excluding hydrogens is 210 g/mol. The molecule has 2 aromatic rings. The third-order valence-electron chi connectivity index (χ3n) is 2.17. The van der Waals surface area contributed by atoms with Gasteiger partial charge in [-0.25, -0.2) is 9.48 Å². The van der Waals surface area contributed by atoms with E-state index in [0.717, 1.165) is 0 Å². The summed E-state index contributed by atoms with van der Waals surface area (Å²) >= 11 is 0. The summed E-state index contributed by atoms with van der Waals surface area (Å²) in [6, 6.07) is 6.11. The van der Waals surface area contributed by atoms with E-state index in [2.05, 4.69) is 10.3 Å². The Bertz CT molecular complexity index is 531. The molecule has 0 atom stereocenters. The highest BCUT2D eigenvalue weighted by molar-refractivity contribution is 5.92. The molecule has 0 fully saturated rings. The van der Waals surface area contributed by atoms with Crippen LogP contribution in [0, 0.1) is 0 Å². The molecule has 0 amide bonds. The average molecular weight is 219 g/mol. The first-order valence-corrected chi connectivity index (χ1v) is 4.52. The minimum atomic E-state index is -1.09. The van der Waals surface area contributed by atoms with Gasteiger partial charge in [0.1, 0.15) is 11.4 Å². The number of aromatic carboxylic acids is 1. The lowest BCUT2D eigenvalue weighted by Crippen LogP contribution is -2.06. The number of hydrogen-bond donors (Lipinski definition) is 2. The fourth-order valence-electron chi connectivity index (χ4n) is 1.41. The number of aromatic nitrogens is 3. The number of rotatable bonds is 2. The second kappa shape index (κ2) is 3.65. The van der Waals surface area contributed by atoms with Crippen LogP contribution in [0.25, 0.3) is 11.3 Å². The molecule has 0 aliphatic heterocycles. The summed E-state index contributed by atoms with van der Waals surface area (Å²) in [7, 11) is 1.51. The Kier molecular flexibility index (Phi) is 2.32. The highest BCUT2D eigenvalue weighted by atomic mass is 16.4. The van der Waals surface area contributed by atoms with Crippen molar-refractivity contribution < 1.29 is 15.0 Å². The Hall–Kier alpha value is -2.37. The number of nitrogens with zero attached hydrogens (tertiary/aromatic N) is 3. The molecule has 0 saturated heterocycles. The Morgan fingerprint density at radius 2 is 1.94 bits per heavy atom. The van der Waals surface area contributed by atoms with Gasteiger partial charge in [0.25, 0.3) is 0 Å². The zero-order chi connectivity index (χ0) is 11.7. The monoisotopic (exact) mass is 219 g/mol. The lowest BCUT2D eigenvalue weighted by molar-refractivity contribution is 0.0686. The van der Waals surface area contributed by atoms with Crippen molar-refractivity contribution in [3.8, 4) is 17.0 Å². The summed E-state index contributed by atoms with van der Waals surface area (Å²) in [5.41, 5.74) is 0.906. The topological polar surface area (TPSA) is 88.2 Å². The molecule has 0 aliphatic rings. The molecule has 0 unspecified atom stereocenters. The van der Waals surface area contributed by atoms with Crippen LogP contribution in [-0.4, -0.2) is 31.2 Å². The van der Waals surface area contributed by atoms with Crippen LogP contribution in [0.4, 0.5) is 0 Å². The predicted octanol–water partition coefficient (Wildman–Crippen LogP) is 0.886. The summed E-state index contributed by atoms with van der Waals surface area (Å²) in [5.74, 6) is -0.972. The first-order valence-electron chi connectivity index (χ1n) is 4.52. The van der Waals surface area contributed by atoms with Gasteiger partial charge in [-0.1, -0.05) is 5.21 Å². The van der Waals surface area contributed by atoms with E-state index in [-0.39, 0.29) is 17.1 Å². The first kappa shape index (κ1) is 10.2. The fourth-order valence-corrected chi connectivity index (χ4v) is 1.41. The minimum Gasteiger partial charge on any atom is -0.508 e. The van der Waals surface area contributed by atoms with Gasteiger partial charge in [0, 0.05) is 12.6 Å². The van der Waals surface area contributed by atoms with Crippen molar-refractivity contribution in [2.24, 2.45) is 7.05 Å². The highest BCUT2D eigenvalue weighted by Crippen LogP contribution is 2.22. The van der Waals surface area contributed by atoms with Crippen molar-refractivity contribution in [2.75, 3.05) is 0 Å². The second-order valence-electron chi connectivity index (χ2n) is 3.26. The maximum Gasteiger partial charge on any atom is 0.356 e. The molecule has 0 radical (unpaired) electrons. The molecule has 82 valence electrons. The molecule has 1 heterocycles. The molecule has 0 bridgehead atoms. The molecule has 0 aliphatic carbocycles. The van der Waals surface area contributed by atoms with Crippen LogP contribution in [0.2, 0.25) is 0 Å². The molecule has 0 saturated carbocycles. The van der Waals surface area contributed by atoms with Crippen molar-refractivity contribution in [1.29, 1.82) is 0 Å². The van der Waals surface area contributed by atoms with Crippen molar-refractivity contribution in [3.05, 3.63) is 30.0 Å². The lowest BCUT2D eigenvalue weighted by atomic mass is 10.1. The van der Waals surface area contributed by atoms with Gasteiger partial charge in [-0.2, -0.15) is 0 Å². The summed E-state index contributed by atoms with van der Waals surface area (Å²) in [5, 5.41) is 25.6. The number of carbonyl (C=O) groups is 1. The van der Waals surface area contributed by atoms with Gasteiger partial charge in [-0.3, -0.25) is 0 Å². The molecule has 2 N–H and O–H groups in total. The molecule has 6 heteroatoms. The SMILES string of the molecule is Cn1nnc(-c2ccc(O)cc2)c1C(=O)O. The number of phenols is 1. The van der Waals surface area contributed by atoms with E-state index >= 15 is 0 Å². The third kappa shape index (κ3) is 1.60. The first-order chi connectivity index (χ1) is 7.59. The summed E-state index contributed by atoms with van der Waals surface area (Å²) in [4.78, 5) is 11.0. The van der Waals surface area contributed by atoms with E-state index < -0.39 is 5.97 Å². The largest absolute Gasteiger partial charge is 0.508 e. The van der Waals surface area contributed by atoms with Gasteiger partial charge in [-0.05, 0) is 24.3 Å². The molecule has 16 heavy (non-hydrogen) atoms. The molecule has 1 aromatic carbocycles. The molecule has 0 spiro atoms. The Balaban J connectivity index is 2.56. The molecular formula is C10H9N3O3. The van der Waals surface area contributed by atoms with E-state index in [1.165, 1.54) is 23.9 Å². The van der Waals surface area contributed by atoms with Crippen molar-refractivity contribution in [2.45, 2.75) is 0 Å². The summed E-state index contributed by atoms with van der Waals surface area (Å²) in [6.45, 7) is 0. The number of hydrogen-bond acceptors (Lipinski definition) is 4. The smallest absolute Gasteiger partial charge is 0.356 e. The number of carboxylic acids is 1. The minimum absolute atomic E-state index is 0.0192. The van der Waals surface area contributed by atoms with E-state index in [9.17, 15) is 4.79 Å². The van der Waals surface area contributed by atoms with Crippen LogP contribution in [0.3, 0.4) is 0 Å². The zero-order valence-corrected chi connectivity index (χ0v) is 8.45. The van der Waals surface area contributed by atoms with Crippen LogP contribution in [0.15, 0.2) is 24.3 Å². The molecule has 1 aromatic heterocycles. The Labute approximate surface area is 90.8 Å². The van der Waals surface area contributed by atoms with Gasteiger partial charge in [0.2, 0.25) is 0 Å². The lowest BCUT2D eigenvalue weighted by Gasteiger charge is -1.99. The van der Waals surface area contributed by atoms with Gasteiger partial charge in [0.05, 0.1) is 0 Å². The quantitative estimate of drug-likeness (QED) is 0.782. The van der Waals surface area contributed by atoms with E-state index in [1.807, 2.05) is 0 Å².